The number of benzene rings is 1. The Balaban J connectivity index is 1.83. The summed E-state index contributed by atoms with van der Waals surface area (Å²) in [5.41, 5.74) is -0.339. The molecule has 0 unspecified atom stereocenters. The Bertz CT molecular complexity index is 643. The molecule has 0 aliphatic carbocycles. The average Bonchev–Trinajstić information content (AvgIpc) is 2.93. The lowest BCUT2D eigenvalue weighted by Crippen LogP contribution is -2.06. The molecule has 0 spiro atoms. The van der Waals surface area contributed by atoms with Crippen LogP contribution in [0.2, 0.25) is 0 Å². The van der Waals surface area contributed by atoms with Crippen LogP contribution in [0.5, 0.6) is 5.75 Å². The molecule has 0 radical (unpaired) electrons. The normalized spacial score (nSPS) is 11.1. The number of alkyl halides is 3. The Morgan fingerprint density at radius 1 is 1.29 bits per heavy atom. The first-order valence-electron chi connectivity index (χ1n) is 6.22. The van der Waals surface area contributed by atoms with Crippen LogP contribution in [0.15, 0.2) is 36.7 Å². The highest BCUT2D eigenvalue weighted by Crippen LogP contribution is 2.28. The van der Waals surface area contributed by atoms with Crippen LogP contribution in [0.1, 0.15) is 17.5 Å². The van der Waals surface area contributed by atoms with Crippen LogP contribution in [-0.2, 0) is 12.7 Å². The van der Waals surface area contributed by atoms with Gasteiger partial charge in [-0.15, -0.1) is 0 Å². The van der Waals surface area contributed by atoms with Gasteiger partial charge < -0.3 is 4.74 Å². The van der Waals surface area contributed by atoms with E-state index in [-0.39, 0.29) is 0 Å². The third-order valence-electron chi connectivity index (χ3n) is 2.76. The molecule has 0 aliphatic heterocycles. The number of nitrogens with zero attached hydrogens (tertiary/aromatic N) is 3. The zero-order valence-electron chi connectivity index (χ0n) is 11.0. The van der Waals surface area contributed by atoms with E-state index in [1.54, 1.807) is 24.3 Å². The quantitative estimate of drug-likeness (QED) is 0.796. The molecule has 2 rings (SSSR count). The Hall–Kier alpha value is -2.49. The van der Waals surface area contributed by atoms with Gasteiger partial charge in [0.25, 0.3) is 0 Å². The summed E-state index contributed by atoms with van der Waals surface area (Å²) in [5.74, 6) is 0.469. The molecule has 1 aromatic heterocycles. The molecule has 0 aliphatic rings. The Labute approximate surface area is 119 Å². The summed E-state index contributed by atoms with van der Waals surface area (Å²) in [5, 5.41) is 12.5. The molecule has 0 N–H and O–H groups in total. The summed E-state index contributed by atoms with van der Waals surface area (Å²) < 4.78 is 43.8. The zero-order chi connectivity index (χ0) is 15.3. The third kappa shape index (κ3) is 3.99. The molecule has 21 heavy (non-hydrogen) atoms. The Kier molecular flexibility index (Phi) is 4.48. The van der Waals surface area contributed by atoms with E-state index in [1.165, 1.54) is 4.68 Å². The number of hydrogen-bond acceptors (Lipinski definition) is 3. The molecule has 1 aromatic carbocycles. The summed E-state index contributed by atoms with van der Waals surface area (Å²) >= 11 is 0. The summed E-state index contributed by atoms with van der Waals surface area (Å²) in [7, 11) is 0. The van der Waals surface area contributed by atoms with Crippen LogP contribution >= 0.6 is 0 Å². The van der Waals surface area contributed by atoms with Crippen molar-refractivity contribution in [1.82, 2.24) is 9.78 Å². The molecule has 4 nitrogen and oxygen atoms in total. The second kappa shape index (κ2) is 6.31. The maximum Gasteiger partial charge on any atom is 0.419 e. The number of rotatable bonds is 5. The van der Waals surface area contributed by atoms with E-state index in [0.717, 1.165) is 12.4 Å². The van der Waals surface area contributed by atoms with Crippen LogP contribution in [0.3, 0.4) is 0 Å². The number of hydrogen-bond donors (Lipinski definition) is 0. The molecule has 2 aromatic rings. The highest BCUT2D eigenvalue weighted by Gasteiger charge is 2.32. The predicted octanol–water partition coefficient (Wildman–Crippen LogP) is 3.24. The minimum absolute atomic E-state index is 0.292. The molecule has 1 heterocycles. The van der Waals surface area contributed by atoms with Gasteiger partial charge in [-0.05, 0) is 12.1 Å². The zero-order valence-corrected chi connectivity index (χ0v) is 11.0. The van der Waals surface area contributed by atoms with Crippen molar-refractivity contribution >= 4 is 0 Å². The van der Waals surface area contributed by atoms with Gasteiger partial charge in [0, 0.05) is 19.2 Å². The van der Waals surface area contributed by atoms with Gasteiger partial charge in [-0.2, -0.15) is 23.5 Å². The highest BCUT2D eigenvalue weighted by atomic mass is 19.4. The Morgan fingerprint density at radius 2 is 2.05 bits per heavy atom. The molecular formula is C14H12F3N3O. The van der Waals surface area contributed by atoms with Crippen LogP contribution in [0, 0.1) is 11.3 Å². The van der Waals surface area contributed by atoms with Gasteiger partial charge in [-0.1, -0.05) is 12.1 Å². The van der Waals surface area contributed by atoms with E-state index in [2.05, 4.69) is 5.10 Å². The van der Waals surface area contributed by atoms with Gasteiger partial charge in [0.05, 0.1) is 23.9 Å². The van der Waals surface area contributed by atoms with E-state index >= 15 is 0 Å². The summed E-state index contributed by atoms with van der Waals surface area (Å²) in [6, 6.07) is 8.80. The molecular weight excluding hydrogens is 283 g/mol. The van der Waals surface area contributed by atoms with Crippen molar-refractivity contribution < 1.29 is 17.9 Å². The fraction of sp³-hybridized carbons (Fsp3) is 0.286. The number of aryl methyl sites for hydroxylation is 1. The van der Waals surface area contributed by atoms with Gasteiger partial charge in [0.2, 0.25) is 0 Å². The predicted molar refractivity (Wildman–Crippen MR) is 68.5 cm³/mol. The molecule has 0 bridgehead atoms. The third-order valence-corrected chi connectivity index (χ3v) is 2.76. The van der Waals surface area contributed by atoms with Crippen molar-refractivity contribution in [3.05, 3.63) is 47.8 Å². The van der Waals surface area contributed by atoms with Crippen molar-refractivity contribution in [3.63, 3.8) is 0 Å². The molecule has 0 atom stereocenters. The lowest BCUT2D eigenvalue weighted by atomic mass is 10.2. The van der Waals surface area contributed by atoms with E-state index in [9.17, 15) is 13.2 Å². The van der Waals surface area contributed by atoms with Crippen LogP contribution < -0.4 is 4.74 Å². The molecule has 7 heteroatoms. The maximum atomic E-state index is 12.4. The minimum Gasteiger partial charge on any atom is -0.492 e. The van der Waals surface area contributed by atoms with Gasteiger partial charge in [0.15, 0.2) is 0 Å². The number of para-hydroxylation sites is 1. The van der Waals surface area contributed by atoms with Crippen molar-refractivity contribution in [3.8, 4) is 11.8 Å². The topological polar surface area (TPSA) is 50.8 Å². The van der Waals surface area contributed by atoms with Gasteiger partial charge in [0.1, 0.15) is 11.8 Å². The lowest BCUT2D eigenvalue weighted by Gasteiger charge is -2.07. The van der Waals surface area contributed by atoms with Crippen LogP contribution in [0.25, 0.3) is 0 Å². The van der Waals surface area contributed by atoms with Crippen LogP contribution in [0.4, 0.5) is 13.2 Å². The average molecular weight is 295 g/mol. The summed E-state index contributed by atoms with van der Waals surface area (Å²) in [4.78, 5) is 0. The second-order valence-corrected chi connectivity index (χ2v) is 4.30. The number of nitriles is 1. The van der Waals surface area contributed by atoms with E-state index in [0.29, 0.717) is 30.9 Å². The molecule has 0 saturated heterocycles. The van der Waals surface area contributed by atoms with Gasteiger partial charge in [-0.3, -0.25) is 4.68 Å². The fourth-order valence-corrected chi connectivity index (χ4v) is 1.73. The minimum atomic E-state index is -4.37. The second-order valence-electron chi connectivity index (χ2n) is 4.30. The standard InChI is InChI=1S/C14H12F3N3O/c15-14(16,17)12-9-19-20(10-12)6-3-7-21-13-5-2-1-4-11(13)8-18/h1-2,4-5,9-10H,3,6-7H2. The number of halogens is 3. The molecule has 110 valence electrons. The molecule has 0 amide bonds. The van der Waals surface area contributed by atoms with Crippen LogP contribution in [-0.4, -0.2) is 16.4 Å². The molecule has 0 saturated carbocycles. The van der Waals surface area contributed by atoms with Gasteiger partial charge in [-0.25, -0.2) is 0 Å². The highest BCUT2D eigenvalue weighted by molar-refractivity contribution is 5.42. The van der Waals surface area contributed by atoms with E-state index in [4.69, 9.17) is 10.00 Å². The summed E-state index contributed by atoms with van der Waals surface area (Å²) in [6.45, 7) is 0.602. The first-order valence-corrected chi connectivity index (χ1v) is 6.22. The maximum absolute atomic E-state index is 12.4. The van der Waals surface area contributed by atoms with E-state index < -0.39 is 11.7 Å². The number of ether oxygens (including phenoxy) is 1. The van der Waals surface area contributed by atoms with Crippen molar-refractivity contribution in [2.24, 2.45) is 0 Å². The van der Waals surface area contributed by atoms with Gasteiger partial charge >= 0.3 is 6.18 Å². The Morgan fingerprint density at radius 3 is 2.71 bits per heavy atom. The monoisotopic (exact) mass is 295 g/mol. The van der Waals surface area contributed by atoms with E-state index in [1.807, 2.05) is 6.07 Å². The SMILES string of the molecule is N#Cc1ccccc1OCCCn1cc(C(F)(F)F)cn1. The summed E-state index contributed by atoms with van der Waals surface area (Å²) in [6.07, 6.45) is -2.13. The smallest absolute Gasteiger partial charge is 0.419 e. The fourth-order valence-electron chi connectivity index (χ4n) is 1.73. The van der Waals surface area contributed by atoms with Crippen molar-refractivity contribution in [1.29, 1.82) is 5.26 Å². The first kappa shape index (κ1) is 14.9. The van der Waals surface area contributed by atoms with Crippen molar-refractivity contribution in [2.45, 2.75) is 19.1 Å². The number of aromatic nitrogens is 2. The lowest BCUT2D eigenvalue weighted by molar-refractivity contribution is -0.137. The van der Waals surface area contributed by atoms with Crippen molar-refractivity contribution in [2.75, 3.05) is 6.61 Å². The largest absolute Gasteiger partial charge is 0.492 e. The first-order chi connectivity index (χ1) is 10.0. The molecule has 0 fully saturated rings.